The molecule has 0 unspecified atom stereocenters. The molecule has 0 saturated heterocycles. The first-order valence-corrected chi connectivity index (χ1v) is 8.84. The fraction of sp³-hybridized carbons (Fsp3) is 0.250. The minimum atomic E-state index is -3.38. The molecule has 0 aliphatic rings. The molecule has 3 nitrogen and oxygen atoms in total. The van der Waals surface area contributed by atoms with Crippen molar-refractivity contribution in [2.45, 2.75) is 12.8 Å². The minimum Gasteiger partial charge on any atom is -0.270 e. The molecule has 0 N–H and O–H groups in total. The van der Waals surface area contributed by atoms with Crippen LogP contribution in [0.3, 0.4) is 0 Å². The van der Waals surface area contributed by atoms with Gasteiger partial charge in [0.25, 0.3) is 10.1 Å². The molecule has 0 aliphatic carbocycles. The maximum Gasteiger partial charge on any atom is 0.264 e. The van der Waals surface area contributed by atoms with E-state index in [1.54, 1.807) is 0 Å². The van der Waals surface area contributed by atoms with E-state index in [9.17, 15) is 8.42 Å². The van der Waals surface area contributed by atoms with Crippen LogP contribution in [0.15, 0.2) is 48.5 Å². The molecule has 112 valence electrons. The SMILES string of the molecule is CS(=O)(=O)OCCCc1c(Cl)cccc1-c1ccccc1. The number of hydrogen-bond acceptors (Lipinski definition) is 3. The van der Waals surface area contributed by atoms with Gasteiger partial charge >= 0.3 is 0 Å². The van der Waals surface area contributed by atoms with Gasteiger partial charge in [0.2, 0.25) is 0 Å². The standard InChI is InChI=1S/C16H17ClO3S/c1-21(18,19)20-12-6-10-15-14(9-5-11-16(15)17)13-7-3-2-4-8-13/h2-5,7-9,11H,6,10,12H2,1H3. The first kappa shape index (κ1) is 16.0. The Labute approximate surface area is 130 Å². The van der Waals surface area contributed by atoms with Crippen LogP contribution in [0, 0.1) is 0 Å². The molecule has 5 heteroatoms. The predicted molar refractivity (Wildman–Crippen MR) is 86.0 cm³/mol. The van der Waals surface area contributed by atoms with Crippen LogP contribution in [0.1, 0.15) is 12.0 Å². The molecule has 2 aromatic carbocycles. The van der Waals surface area contributed by atoms with Gasteiger partial charge in [-0.25, -0.2) is 0 Å². The highest BCUT2D eigenvalue weighted by Gasteiger charge is 2.09. The number of rotatable bonds is 6. The number of benzene rings is 2. The average Bonchev–Trinajstić information content (AvgIpc) is 2.44. The second kappa shape index (κ2) is 7.07. The van der Waals surface area contributed by atoms with Crippen LogP contribution in [0.5, 0.6) is 0 Å². The van der Waals surface area contributed by atoms with Crippen molar-refractivity contribution >= 4 is 21.7 Å². The molecule has 0 saturated carbocycles. The van der Waals surface area contributed by atoms with E-state index in [0.29, 0.717) is 17.9 Å². The predicted octanol–water partition coefficient (Wildman–Crippen LogP) is 3.92. The molecule has 0 fully saturated rings. The van der Waals surface area contributed by atoms with Gasteiger partial charge in [-0.2, -0.15) is 8.42 Å². The second-order valence-electron chi connectivity index (χ2n) is 4.76. The summed E-state index contributed by atoms with van der Waals surface area (Å²) in [4.78, 5) is 0. The molecule has 0 heterocycles. The first-order chi connectivity index (χ1) is 9.97. The summed E-state index contributed by atoms with van der Waals surface area (Å²) >= 11 is 6.29. The Kier molecular flexibility index (Phi) is 5.39. The largest absolute Gasteiger partial charge is 0.270 e. The molecular weight excluding hydrogens is 308 g/mol. The van der Waals surface area contributed by atoms with Crippen molar-refractivity contribution in [1.82, 2.24) is 0 Å². The van der Waals surface area contributed by atoms with Crippen LogP contribution >= 0.6 is 11.6 Å². The maximum absolute atomic E-state index is 10.9. The Bertz CT molecular complexity index is 697. The van der Waals surface area contributed by atoms with E-state index in [2.05, 4.69) is 0 Å². The molecule has 21 heavy (non-hydrogen) atoms. The van der Waals surface area contributed by atoms with E-state index in [1.807, 2.05) is 48.5 Å². The van der Waals surface area contributed by atoms with Crippen LogP contribution in [0.25, 0.3) is 11.1 Å². The maximum atomic E-state index is 10.9. The fourth-order valence-electron chi connectivity index (χ4n) is 2.16. The molecule has 0 amide bonds. The summed E-state index contributed by atoms with van der Waals surface area (Å²) in [5, 5.41) is 0.690. The van der Waals surface area contributed by atoms with E-state index in [-0.39, 0.29) is 6.61 Å². The van der Waals surface area contributed by atoms with Gasteiger partial charge < -0.3 is 0 Å². The van der Waals surface area contributed by atoms with Crippen LogP contribution in [0.2, 0.25) is 5.02 Å². The van der Waals surface area contributed by atoms with Crippen molar-refractivity contribution in [3.05, 3.63) is 59.1 Å². The lowest BCUT2D eigenvalue weighted by Crippen LogP contribution is -2.05. The summed E-state index contributed by atoms with van der Waals surface area (Å²) < 4.78 is 26.7. The Balaban J connectivity index is 2.15. The van der Waals surface area contributed by atoms with E-state index in [4.69, 9.17) is 15.8 Å². The monoisotopic (exact) mass is 324 g/mol. The van der Waals surface area contributed by atoms with Crippen LogP contribution in [0.4, 0.5) is 0 Å². The lowest BCUT2D eigenvalue weighted by molar-refractivity contribution is 0.316. The quantitative estimate of drug-likeness (QED) is 0.597. The van der Waals surface area contributed by atoms with Gasteiger partial charge in [-0.3, -0.25) is 4.18 Å². The first-order valence-electron chi connectivity index (χ1n) is 6.64. The van der Waals surface area contributed by atoms with Crippen LogP contribution in [-0.4, -0.2) is 21.3 Å². The third-order valence-corrected chi connectivity index (χ3v) is 4.02. The fourth-order valence-corrected chi connectivity index (χ4v) is 2.85. The molecule has 2 aromatic rings. The van der Waals surface area contributed by atoms with Gasteiger partial charge in [0, 0.05) is 5.02 Å². The normalized spacial score (nSPS) is 11.5. The summed E-state index contributed by atoms with van der Waals surface area (Å²) in [5.74, 6) is 0. The van der Waals surface area contributed by atoms with Crippen molar-refractivity contribution in [2.75, 3.05) is 12.9 Å². The highest BCUT2D eigenvalue weighted by molar-refractivity contribution is 7.85. The Morgan fingerprint density at radius 3 is 2.43 bits per heavy atom. The molecule has 0 bridgehead atoms. The van der Waals surface area contributed by atoms with Crippen molar-refractivity contribution in [2.24, 2.45) is 0 Å². The molecular formula is C16H17ClO3S. The Morgan fingerprint density at radius 1 is 1.05 bits per heavy atom. The lowest BCUT2D eigenvalue weighted by atomic mass is 9.97. The van der Waals surface area contributed by atoms with E-state index >= 15 is 0 Å². The highest BCUT2D eigenvalue weighted by atomic mass is 35.5. The van der Waals surface area contributed by atoms with Gasteiger partial charge in [0.15, 0.2) is 0 Å². The van der Waals surface area contributed by atoms with Gasteiger partial charge in [-0.1, -0.05) is 54.1 Å². The second-order valence-corrected chi connectivity index (χ2v) is 6.81. The molecule has 0 spiro atoms. The van der Waals surface area contributed by atoms with E-state index in [1.165, 1.54) is 0 Å². The number of hydrogen-bond donors (Lipinski definition) is 0. The molecule has 0 atom stereocenters. The molecule has 2 rings (SSSR count). The average molecular weight is 325 g/mol. The summed E-state index contributed by atoms with van der Waals surface area (Å²) in [7, 11) is -3.38. The van der Waals surface area contributed by atoms with E-state index in [0.717, 1.165) is 22.9 Å². The summed E-state index contributed by atoms with van der Waals surface area (Å²) in [5.41, 5.74) is 3.18. The van der Waals surface area contributed by atoms with Crippen molar-refractivity contribution in [1.29, 1.82) is 0 Å². The number of halogens is 1. The topological polar surface area (TPSA) is 43.4 Å². The smallest absolute Gasteiger partial charge is 0.264 e. The molecule has 0 radical (unpaired) electrons. The van der Waals surface area contributed by atoms with Crippen LogP contribution < -0.4 is 0 Å². The summed E-state index contributed by atoms with van der Waals surface area (Å²) in [6, 6.07) is 15.8. The van der Waals surface area contributed by atoms with E-state index < -0.39 is 10.1 Å². The zero-order valence-electron chi connectivity index (χ0n) is 11.8. The highest BCUT2D eigenvalue weighted by Crippen LogP contribution is 2.30. The Morgan fingerprint density at radius 2 is 1.76 bits per heavy atom. The molecule has 0 aliphatic heterocycles. The Hall–Kier alpha value is -1.36. The molecule has 0 aromatic heterocycles. The lowest BCUT2D eigenvalue weighted by Gasteiger charge is -2.11. The zero-order chi connectivity index (χ0) is 15.3. The van der Waals surface area contributed by atoms with Crippen molar-refractivity contribution in [3.63, 3.8) is 0 Å². The van der Waals surface area contributed by atoms with Gasteiger partial charge in [0.05, 0.1) is 12.9 Å². The van der Waals surface area contributed by atoms with Crippen molar-refractivity contribution in [3.8, 4) is 11.1 Å². The van der Waals surface area contributed by atoms with Crippen molar-refractivity contribution < 1.29 is 12.6 Å². The summed E-state index contributed by atoms with van der Waals surface area (Å²) in [6.07, 6.45) is 2.31. The summed E-state index contributed by atoms with van der Waals surface area (Å²) in [6.45, 7) is 0.165. The van der Waals surface area contributed by atoms with Crippen LogP contribution in [-0.2, 0) is 20.7 Å². The third-order valence-electron chi connectivity index (χ3n) is 3.07. The third kappa shape index (κ3) is 4.84. The van der Waals surface area contributed by atoms with Gasteiger partial charge in [0.1, 0.15) is 0 Å². The zero-order valence-corrected chi connectivity index (χ0v) is 13.3. The van der Waals surface area contributed by atoms with Gasteiger partial charge in [-0.05, 0) is 35.6 Å². The minimum absolute atomic E-state index is 0.165. The van der Waals surface area contributed by atoms with Gasteiger partial charge in [-0.15, -0.1) is 0 Å².